The number of nitrogens with one attached hydrogen (secondary N) is 1. The molecule has 3 atom stereocenters. The molecule has 1 N–H and O–H groups in total. The number of hydrogen-bond acceptors (Lipinski definition) is 3. The van der Waals surface area contributed by atoms with Crippen molar-refractivity contribution in [3.05, 3.63) is 0 Å². The van der Waals surface area contributed by atoms with Crippen LogP contribution in [0.25, 0.3) is 0 Å². The lowest BCUT2D eigenvalue weighted by atomic mass is 10.1. The van der Waals surface area contributed by atoms with Gasteiger partial charge in [-0.2, -0.15) is 11.8 Å². The molecule has 0 aromatic carbocycles. The van der Waals surface area contributed by atoms with Gasteiger partial charge in [0.2, 0.25) is 5.91 Å². The summed E-state index contributed by atoms with van der Waals surface area (Å²) in [5, 5.41) is 3.44. The van der Waals surface area contributed by atoms with Crippen LogP contribution in [0.4, 0.5) is 0 Å². The third-order valence-corrected chi connectivity index (χ3v) is 6.03. The number of nitrogens with zero attached hydrogens (tertiary/aromatic N) is 1. The highest BCUT2D eigenvalue weighted by atomic mass is 32.2. The van der Waals surface area contributed by atoms with E-state index in [1.54, 1.807) is 0 Å². The number of carbonyl (C=O) groups excluding carboxylic acids is 1. The van der Waals surface area contributed by atoms with Gasteiger partial charge in [-0.25, -0.2) is 0 Å². The molecule has 4 heteroatoms. The van der Waals surface area contributed by atoms with Gasteiger partial charge in [-0.3, -0.25) is 4.79 Å². The standard InChI is InChI=1S/C13H22N2OS/c1-13(2)10-6-15(7-11(10)13)12(16)5-9-8-17-4-3-14-9/h9-11,14H,3-8H2,1-2H3. The van der Waals surface area contributed by atoms with E-state index < -0.39 is 0 Å². The summed E-state index contributed by atoms with van der Waals surface area (Å²) in [6, 6.07) is 0.409. The smallest absolute Gasteiger partial charge is 0.224 e. The molecule has 0 radical (unpaired) electrons. The maximum Gasteiger partial charge on any atom is 0.224 e. The van der Waals surface area contributed by atoms with Crippen LogP contribution in [-0.2, 0) is 4.79 Å². The van der Waals surface area contributed by atoms with Crippen molar-refractivity contribution in [1.82, 2.24) is 10.2 Å². The van der Waals surface area contributed by atoms with Gasteiger partial charge in [0, 0.05) is 43.6 Å². The highest BCUT2D eigenvalue weighted by Crippen LogP contribution is 2.61. The maximum absolute atomic E-state index is 12.2. The van der Waals surface area contributed by atoms with Gasteiger partial charge in [0.15, 0.2) is 0 Å². The lowest BCUT2D eigenvalue weighted by molar-refractivity contribution is -0.131. The fourth-order valence-electron chi connectivity index (χ4n) is 3.43. The summed E-state index contributed by atoms with van der Waals surface area (Å²) >= 11 is 1.96. The molecule has 0 bridgehead atoms. The van der Waals surface area contributed by atoms with Crippen molar-refractivity contribution in [2.75, 3.05) is 31.1 Å². The minimum atomic E-state index is 0.369. The number of amides is 1. The zero-order valence-electron chi connectivity index (χ0n) is 10.7. The molecule has 1 amide bonds. The van der Waals surface area contributed by atoms with Crippen LogP contribution in [0, 0.1) is 17.3 Å². The average Bonchev–Trinajstić information content (AvgIpc) is 2.70. The largest absolute Gasteiger partial charge is 0.342 e. The molecular formula is C13H22N2OS. The van der Waals surface area contributed by atoms with Crippen LogP contribution in [0.3, 0.4) is 0 Å². The van der Waals surface area contributed by atoms with E-state index in [0.717, 1.165) is 37.2 Å². The van der Waals surface area contributed by atoms with Crippen LogP contribution in [0.2, 0.25) is 0 Å². The molecule has 0 aromatic heterocycles. The predicted molar refractivity (Wildman–Crippen MR) is 71.1 cm³/mol. The Balaban J connectivity index is 1.48. The molecule has 17 heavy (non-hydrogen) atoms. The molecule has 2 saturated heterocycles. The summed E-state index contributed by atoms with van der Waals surface area (Å²) in [6.45, 7) is 7.75. The molecule has 0 spiro atoms. The lowest BCUT2D eigenvalue weighted by Gasteiger charge is -2.27. The van der Waals surface area contributed by atoms with Gasteiger partial charge in [-0.05, 0) is 17.3 Å². The molecule has 3 nitrogen and oxygen atoms in total. The number of hydrogen-bond donors (Lipinski definition) is 1. The van der Waals surface area contributed by atoms with E-state index in [9.17, 15) is 4.79 Å². The van der Waals surface area contributed by atoms with Crippen LogP contribution in [0.5, 0.6) is 0 Å². The van der Waals surface area contributed by atoms with Gasteiger partial charge >= 0.3 is 0 Å². The van der Waals surface area contributed by atoms with Crippen molar-refractivity contribution < 1.29 is 4.79 Å². The van der Waals surface area contributed by atoms with Crippen molar-refractivity contribution in [1.29, 1.82) is 0 Å². The topological polar surface area (TPSA) is 32.3 Å². The first-order chi connectivity index (χ1) is 8.09. The molecule has 3 aliphatic rings. The number of fused-ring (bicyclic) bond motifs is 1. The van der Waals surface area contributed by atoms with Crippen molar-refractivity contribution in [3.8, 4) is 0 Å². The Hall–Kier alpha value is -0.220. The Bertz CT molecular complexity index is 311. The minimum absolute atomic E-state index is 0.369. The fraction of sp³-hybridized carbons (Fsp3) is 0.923. The zero-order valence-corrected chi connectivity index (χ0v) is 11.6. The molecule has 3 unspecified atom stereocenters. The second kappa shape index (κ2) is 4.16. The number of carbonyl (C=O) groups is 1. The van der Waals surface area contributed by atoms with E-state index in [0.29, 0.717) is 23.8 Å². The summed E-state index contributed by atoms with van der Waals surface area (Å²) in [5.74, 6) is 4.21. The van der Waals surface area contributed by atoms with Crippen molar-refractivity contribution in [2.45, 2.75) is 26.3 Å². The average molecular weight is 254 g/mol. The molecular weight excluding hydrogens is 232 g/mol. The quantitative estimate of drug-likeness (QED) is 0.803. The van der Waals surface area contributed by atoms with E-state index >= 15 is 0 Å². The first-order valence-electron chi connectivity index (χ1n) is 6.68. The normalized spacial score (nSPS) is 38.9. The maximum atomic E-state index is 12.2. The summed E-state index contributed by atoms with van der Waals surface area (Å²) in [5.41, 5.74) is 0.510. The zero-order chi connectivity index (χ0) is 12.0. The molecule has 3 fully saturated rings. The minimum Gasteiger partial charge on any atom is -0.342 e. The second-order valence-corrected chi connectivity index (χ2v) is 7.41. The number of piperidine rings is 1. The number of likely N-dealkylation sites (tertiary alicyclic amines) is 1. The van der Waals surface area contributed by atoms with E-state index in [4.69, 9.17) is 0 Å². The Kier molecular flexibility index (Phi) is 2.90. The first kappa shape index (κ1) is 11.8. The Morgan fingerprint density at radius 2 is 2.12 bits per heavy atom. The third kappa shape index (κ3) is 2.10. The summed E-state index contributed by atoms with van der Waals surface area (Å²) in [6.07, 6.45) is 0.701. The summed E-state index contributed by atoms with van der Waals surface area (Å²) in [4.78, 5) is 14.3. The van der Waals surface area contributed by atoms with Crippen LogP contribution in [0.15, 0.2) is 0 Å². The van der Waals surface area contributed by atoms with E-state index in [2.05, 4.69) is 24.1 Å². The summed E-state index contributed by atoms with van der Waals surface area (Å²) in [7, 11) is 0. The first-order valence-corrected chi connectivity index (χ1v) is 7.83. The summed E-state index contributed by atoms with van der Waals surface area (Å²) < 4.78 is 0. The van der Waals surface area contributed by atoms with Crippen LogP contribution >= 0.6 is 11.8 Å². The van der Waals surface area contributed by atoms with Crippen LogP contribution in [0.1, 0.15) is 20.3 Å². The molecule has 3 rings (SSSR count). The molecule has 2 aliphatic heterocycles. The predicted octanol–water partition coefficient (Wildman–Crippen LogP) is 1.20. The Labute approximate surface area is 108 Å². The molecule has 1 saturated carbocycles. The van der Waals surface area contributed by atoms with Crippen molar-refractivity contribution >= 4 is 17.7 Å². The van der Waals surface area contributed by atoms with Crippen LogP contribution in [-0.4, -0.2) is 48.0 Å². The molecule has 0 aromatic rings. The number of thioether (sulfide) groups is 1. The highest BCUT2D eigenvalue weighted by molar-refractivity contribution is 7.99. The van der Waals surface area contributed by atoms with Gasteiger partial charge < -0.3 is 10.2 Å². The monoisotopic (exact) mass is 254 g/mol. The van der Waals surface area contributed by atoms with Gasteiger partial charge in [-0.1, -0.05) is 13.8 Å². The second-order valence-electron chi connectivity index (χ2n) is 6.26. The molecule has 1 aliphatic carbocycles. The fourth-order valence-corrected chi connectivity index (χ4v) is 4.38. The van der Waals surface area contributed by atoms with Gasteiger partial charge in [0.25, 0.3) is 0 Å². The molecule has 2 heterocycles. The highest BCUT2D eigenvalue weighted by Gasteiger charge is 2.62. The van der Waals surface area contributed by atoms with E-state index in [-0.39, 0.29) is 0 Å². The van der Waals surface area contributed by atoms with Crippen LogP contribution < -0.4 is 5.32 Å². The number of rotatable bonds is 2. The Morgan fingerprint density at radius 1 is 1.41 bits per heavy atom. The van der Waals surface area contributed by atoms with Gasteiger partial charge in [0.05, 0.1) is 0 Å². The van der Waals surface area contributed by atoms with Crippen molar-refractivity contribution in [3.63, 3.8) is 0 Å². The SMILES string of the molecule is CC1(C)C2CN(C(=O)CC3CSCCN3)CC21. The third-order valence-electron chi connectivity index (χ3n) is 4.89. The van der Waals surface area contributed by atoms with E-state index in [1.807, 2.05) is 11.8 Å². The van der Waals surface area contributed by atoms with Crippen molar-refractivity contribution in [2.24, 2.45) is 17.3 Å². The lowest BCUT2D eigenvalue weighted by Crippen LogP contribution is -2.43. The Morgan fingerprint density at radius 3 is 2.71 bits per heavy atom. The van der Waals surface area contributed by atoms with Gasteiger partial charge in [-0.15, -0.1) is 0 Å². The van der Waals surface area contributed by atoms with E-state index in [1.165, 1.54) is 5.75 Å². The van der Waals surface area contributed by atoms with Gasteiger partial charge in [0.1, 0.15) is 0 Å². The molecule has 96 valence electrons.